The van der Waals surface area contributed by atoms with Crippen molar-refractivity contribution in [2.24, 2.45) is 0 Å². The summed E-state index contributed by atoms with van der Waals surface area (Å²) >= 11 is 18.0. The Morgan fingerprint density at radius 2 is 1.86 bits per heavy atom. The molecule has 0 atom stereocenters. The third kappa shape index (κ3) is 4.32. The standard InChI is InChI=1S/C12H9Cl2NO2S2.CO2/c1-2-15-11(17)9(19-12(15)18)5-6-3-7(13)10(16)8(14)4-6;2-1-3/h3-5,16H,2H2,1H3;/b9-5-;. The molecular formula is C13H9Cl2NO4S2. The second-order valence-corrected chi connectivity index (χ2v) is 6.33. The van der Waals surface area contributed by atoms with E-state index in [1.165, 1.54) is 16.7 Å². The number of hydrogen-bond acceptors (Lipinski definition) is 6. The Hall–Kier alpha value is -1.37. The third-order valence-electron chi connectivity index (χ3n) is 2.53. The summed E-state index contributed by atoms with van der Waals surface area (Å²) in [6.45, 7) is 2.40. The van der Waals surface area contributed by atoms with E-state index in [9.17, 15) is 9.90 Å². The number of thiocarbonyl (C=S) groups is 1. The Balaban J connectivity index is 0.000000745. The number of phenolic OH excluding ortho intramolecular Hbond substituents is 1. The summed E-state index contributed by atoms with van der Waals surface area (Å²) in [5.41, 5.74) is 0.643. The van der Waals surface area contributed by atoms with E-state index < -0.39 is 0 Å². The van der Waals surface area contributed by atoms with E-state index in [1.54, 1.807) is 18.2 Å². The Labute approximate surface area is 145 Å². The number of carbonyl (C=O) groups is 1. The van der Waals surface area contributed by atoms with E-state index >= 15 is 0 Å². The van der Waals surface area contributed by atoms with Crippen molar-refractivity contribution in [2.45, 2.75) is 6.92 Å². The summed E-state index contributed by atoms with van der Waals surface area (Å²) in [5.74, 6) is -0.292. The lowest BCUT2D eigenvalue weighted by atomic mass is 10.2. The normalized spacial score (nSPS) is 15.6. The molecule has 1 N–H and O–H groups in total. The third-order valence-corrected chi connectivity index (χ3v) is 4.48. The number of carbonyl (C=O) groups excluding carboxylic acids is 3. The average molecular weight is 378 g/mol. The Morgan fingerprint density at radius 3 is 2.27 bits per heavy atom. The van der Waals surface area contributed by atoms with Crippen LogP contribution in [0.15, 0.2) is 17.0 Å². The Kier molecular flexibility index (Phi) is 7.06. The van der Waals surface area contributed by atoms with Crippen LogP contribution < -0.4 is 0 Å². The van der Waals surface area contributed by atoms with Crippen LogP contribution >= 0.6 is 47.2 Å². The Bertz CT molecular complexity index is 662. The maximum absolute atomic E-state index is 12.0. The minimum atomic E-state index is -0.165. The van der Waals surface area contributed by atoms with Gasteiger partial charge < -0.3 is 5.11 Å². The van der Waals surface area contributed by atoms with Gasteiger partial charge in [-0.15, -0.1) is 0 Å². The summed E-state index contributed by atoms with van der Waals surface area (Å²) < 4.78 is 0.537. The molecule has 1 aliphatic rings. The van der Waals surface area contributed by atoms with Crippen molar-refractivity contribution in [1.29, 1.82) is 0 Å². The number of likely N-dealkylation sites (N-methyl/N-ethyl adjacent to an activating group) is 1. The van der Waals surface area contributed by atoms with Crippen LogP contribution in [0.4, 0.5) is 0 Å². The summed E-state index contributed by atoms with van der Waals surface area (Å²) in [5, 5.41) is 9.77. The first-order chi connectivity index (χ1) is 10.3. The molecular weight excluding hydrogens is 369 g/mol. The highest BCUT2D eigenvalue weighted by Crippen LogP contribution is 2.36. The van der Waals surface area contributed by atoms with Gasteiger partial charge in [-0.05, 0) is 30.7 Å². The van der Waals surface area contributed by atoms with Crippen molar-refractivity contribution in [2.75, 3.05) is 6.54 Å². The highest BCUT2D eigenvalue weighted by Gasteiger charge is 2.30. The van der Waals surface area contributed by atoms with Crippen LogP contribution in [0.5, 0.6) is 5.75 Å². The van der Waals surface area contributed by atoms with Crippen molar-refractivity contribution in [3.63, 3.8) is 0 Å². The predicted molar refractivity (Wildman–Crippen MR) is 88.7 cm³/mol. The van der Waals surface area contributed by atoms with Crippen LogP contribution in [0, 0.1) is 0 Å². The molecule has 0 aromatic heterocycles. The van der Waals surface area contributed by atoms with Crippen LogP contribution in [-0.4, -0.2) is 32.9 Å². The molecule has 9 heteroatoms. The van der Waals surface area contributed by atoms with E-state index in [1.807, 2.05) is 6.92 Å². The molecule has 116 valence electrons. The number of halogens is 2. The number of thioether (sulfide) groups is 1. The van der Waals surface area contributed by atoms with E-state index in [-0.39, 0.29) is 27.9 Å². The molecule has 1 amide bonds. The lowest BCUT2D eigenvalue weighted by Crippen LogP contribution is -2.27. The van der Waals surface area contributed by atoms with E-state index in [0.717, 1.165) is 0 Å². The highest BCUT2D eigenvalue weighted by molar-refractivity contribution is 8.26. The number of amides is 1. The first-order valence-corrected chi connectivity index (χ1v) is 7.76. The molecule has 1 heterocycles. The summed E-state index contributed by atoms with van der Waals surface area (Å²) in [7, 11) is 0. The molecule has 0 aliphatic carbocycles. The summed E-state index contributed by atoms with van der Waals surface area (Å²) in [6.07, 6.45) is 1.91. The van der Waals surface area contributed by atoms with Crippen LogP contribution in [0.3, 0.4) is 0 Å². The van der Waals surface area contributed by atoms with Crippen LogP contribution in [0.25, 0.3) is 6.08 Å². The smallest absolute Gasteiger partial charge is 0.373 e. The number of hydrogen-bond donors (Lipinski definition) is 1. The van der Waals surface area contributed by atoms with Gasteiger partial charge in [-0.25, -0.2) is 0 Å². The van der Waals surface area contributed by atoms with Crippen molar-refractivity contribution in [3.05, 3.63) is 32.6 Å². The fourth-order valence-corrected chi connectivity index (χ4v) is 3.48. The molecule has 0 spiro atoms. The van der Waals surface area contributed by atoms with Gasteiger partial charge in [-0.2, -0.15) is 9.59 Å². The van der Waals surface area contributed by atoms with Crippen molar-refractivity contribution in [3.8, 4) is 5.75 Å². The summed E-state index contributed by atoms with van der Waals surface area (Å²) in [4.78, 5) is 30.3. The zero-order valence-electron chi connectivity index (χ0n) is 11.1. The number of rotatable bonds is 2. The van der Waals surface area contributed by atoms with Crippen molar-refractivity contribution in [1.82, 2.24) is 4.90 Å². The van der Waals surface area contributed by atoms with Gasteiger partial charge in [0, 0.05) is 6.54 Å². The Morgan fingerprint density at radius 1 is 1.36 bits per heavy atom. The van der Waals surface area contributed by atoms with E-state index in [4.69, 9.17) is 45.0 Å². The quantitative estimate of drug-likeness (QED) is 0.629. The van der Waals surface area contributed by atoms with Gasteiger partial charge in [0.2, 0.25) is 0 Å². The van der Waals surface area contributed by atoms with Crippen LogP contribution in [-0.2, 0) is 14.4 Å². The minimum Gasteiger partial charge on any atom is -0.505 e. The number of benzene rings is 1. The molecule has 1 fully saturated rings. The molecule has 22 heavy (non-hydrogen) atoms. The monoisotopic (exact) mass is 377 g/mol. The minimum absolute atomic E-state index is 0.127. The number of aromatic hydroxyl groups is 1. The molecule has 1 saturated heterocycles. The fourth-order valence-electron chi connectivity index (χ4n) is 1.59. The largest absolute Gasteiger partial charge is 0.505 e. The first kappa shape index (κ1) is 18.7. The SMILES string of the molecule is CCN1C(=O)/C(=C/c2cc(Cl)c(O)c(Cl)c2)SC1=S.O=C=O. The lowest BCUT2D eigenvalue weighted by Gasteiger charge is -2.09. The number of phenols is 1. The summed E-state index contributed by atoms with van der Waals surface area (Å²) in [6, 6.07) is 3.09. The second-order valence-electron chi connectivity index (χ2n) is 3.84. The van der Waals surface area contributed by atoms with Gasteiger partial charge in [0.1, 0.15) is 4.32 Å². The van der Waals surface area contributed by atoms with Gasteiger partial charge in [-0.3, -0.25) is 9.69 Å². The molecule has 0 bridgehead atoms. The molecule has 0 unspecified atom stereocenters. The van der Waals surface area contributed by atoms with E-state index in [2.05, 4.69) is 0 Å². The molecule has 0 saturated carbocycles. The van der Waals surface area contributed by atoms with Crippen molar-refractivity contribution >= 4 is 69.6 Å². The predicted octanol–water partition coefficient (Wildman–Crippen LogP) is 3.34. The van der Waals surface area contributed by atoms with E-state index in [0.29, 0.717) is 21.3 Å². The second kappa shape index (κ2) is 8.31. The zero-order chi connectivity index (χ0) is 16.9. The zero-order valence-corrected chi connectivity index (χ0v) is 14.3. The number of nitrogens with zero attached hydrogens (tertiary/aromatic N) is 1. The average Bonchev–Trinajstić information content (AvgIpc) is 2.71. The maximum Gasteiger partial charge on any atom is 0.373 e. The first-order valence-electron chi connectivity index (χ1n) is 5.78. The highest BCUT2D eigenvalue weighted by atomic mass is 35.5. The molecule has 5 nitrogen and oxygen atoms in total. The molecule has 2 rings (SSSR count). The van der Waals surface area contributed by atoms with Gasteiger partial charge in [0.15, 0.2) is 5.75 Å². The van der Waals surface area contributed by atoms with Gasteiger partial charge in [-0.1, -0.05) is 47.2 Å². The molecule has 1 aliphatic heterocycles. The topological polar surface area (TPSA) is 74.7 Å². The van der Waals surface area contributed by atoms with Gasteiger partial charge in [0.05, 0.1) is 15.0 Å². The van der Waals surface area contributed by atoms with Crippen LogP contribution in [0.1, 0.15) is 12.5 Å². The molecule has 0 radical (unpaired) electrons. The molecule has 1 aromatic rings. The lowest BCUT2D eigenvalue weighted by molar-refractivity contribution is -0.191. The van der Waals surface area contributed by atoms with Gasteiger partial charge >= 0.3 is 6.15 Å². The molecule has 1 aromatic carbocycles. The maximum atomic E-state index is 12.0. The van der Waals surface area contributed by atoms with Gasteiger partial charge in [0.25, 0.3) is 5.91 Å². The van der Waals surface area contributed by atoms with Crippen molar-refractivity contribution < 1.29 is 19.5 Å². The fraction of sp³-hybridized carbons (Fsp3) is 0.154. The van der Waals surface area contributed by atoms with Crippen LogP contribution in [0.2, 0.25) is 10.0 Å².